The molecule has 0 aliphatic heterocycles. The summed E-state index contributed by atoms with van der Waals surface area (Å²) in [6.07, 6.45) is 2.57. The number of rotatable bonds is 11. The fourth-order valence-corrected chi connectivity index (χ4v) is 4.21. The summed E-state index contributed by atoms with van der Waals surface area (Å²) in [5, 5.41) is 12.6. The van der Waals surface area contributed by atoms with Crippen LogP contribution in [0.3, 0.4) is 0 Å². The highest BCUT2D eigenvalue weighted by Crippen LogP contribution is 2.36. The Balaban J connectivity index is 1.54. The van der Waals surface area contributed by atoms with Crippen LogP contribution in [0.4, 0.5) is 0 Å². The van der Waals surface area contributed by atoms with E-state index in [1.54, 1.807) is 31.3 Å². The summed E-state index contributed by atoms with van der Waals surface area (Å²) < 4.78 is 10.5. The zero-order chi connectivity index (χ0) is 25.5. The van der Waals surface area contributed by atoms with Gasteiger partial charge < -0.3 is 24.8 Å². The molecule has 3 aromatic rings. The van der Waals surface area contributed by atoms with Crippen LogP contribution in [0.2, 0.25) is 0 Å². The molecule has 0 saturated heterocycles. The van der Waals surface area contributed by atoms with Gasteiger partial charge in [0.05, 0.1) is 14.2 Å². The molecule has 7 heteroatoms. The maximum Gasteiger partial charge on any atom is 0.247 e. The van der Waals surface area contributed by atoms with Crippen molar-refractivity contribution in [2.45, 2.75) is 44.3 Å². The molecule has 7 nitrogen and oxygen atoms in total. The lowest BCUT2D eigenvalue weighted by Crippen LogP contribution is -2.45. The molecule has 4 rings (SSSR count). The van der Waals surface area contributed by atoms with E-state index in [4.69, 9.17) is 9.47 Å². The molecule has 0 bridgehead atoms. The lowest BCUT2D eigenvalue weighted by atomic mass is 10.0. The van der Waals surface area contributed by atoms with E-state index in [0.29, 0.717) is 18.7 Å². The monoisotopic (exact) mass is 488 g/mol. The van der Waals surface area contributed by atoms with E-state index in [2.05, 4.69) is 5.32 Å². The smallest absolute Gasteiger partial charge is 0.247 e. The van der Waals surface area contributed by atoms with Gasteiger partial charge in [-0.3, -0.25) is 9.59 Å². The predicted octanol–water partition coefficient (Wildman–Crippen LogP) is 4.39. The molecule has 0 heterocycles. The standard InChI is InChI=1S/C29H32N2O5/c1-35-25-14-5-21(6-15-25)19-30-29(34)28(22-8-16-26(36-2)17-9-22)31(23-10-11-23)27(33)18-7-20-3-12-24(32)13-4-20/h3-6,8-9,12-17,23,28,32H,7,10-11,18-19H2,1-2H3,(H,30,34). The number of amides is 2. The van der Waals surface area contributed by atoms with Crippen molar-refractivity contribution in [3.8, 4) is 17.2 Å². The summed E-state index contributed by atoms with van der Waals surface area (Å²) in [5.74, 6) is 1.35. The van der Waals surface area contributed by atoms with Gasteiger partial charge >= 0.3 is 0 Å². The van der Waals surface area contributed by atoms with Crippen LogP contribution in [0.15, 0.2) is 72.8 Å². The number of ether oxygens (including phenoxy) is 2. The lowest BCUT2D eigenvalue weighted by Gasteiger charge is -2.32. The van der Waals surface area contributed by atoms with Gasteiger partial charge in [0.25, 0.3) is 0 Å². The Labute approximate surface area is 211 Å². The summed E-state index contributed by atoms with van der Waals surface area (Å²) >= 11 is 0. The largest absolute Gasteiger partial charge is 0.508 e. The fraction of sp³-hybridized carbons (Fsp3) is 0.310. The van der Waals surface area contributed by atoms with E-state index in [9.17, 15) is 14.7 Å². The van der Waals surface area contributed by atoms with Crippen molar-refractivity contribution in [3.63, 3.8) is 0 Å². The molecular formula is C29H32N2O5. The number of benzene rings is 3. The van der Waals surface area contributed by atoms with E-state index in [1.807, 2.05) is 60.7 Å². The van der Waals surface area contributed by atoms with Crippen molar-refractivity contribution in [1.29, 1.82) is 0 Å². The lowest BCUT2D eigenvalue weighted by molar-refractivity contribution is -0.141. The van der Waals surface area contributed by atoms with Gasteiger partial charge in [-0.1, -0.05) is 36.4 Å². The van der Waals surface area contributed by atoms with E-state index in [1.165, 1.54) is 0 Å². The van der Waals surface area contributed by atoms with Crippen molar-refractivity contribution in [3.05, 3.63) is 89.5 Å². The highest BCUT2D eigenvalue weighted by atomic mass is 16.5. The van der Waals surface area contributed by atoms with E-state index < -0.39 is 6.04 Å². The minimum atomic E-state index is -0.742. The SMILES string of the molecule is COc1ccc(CNC(=O)C(c2ccc(OC)cc2)N(C(=O)CCc2ccc(O)cc2)C2CC2)cc1. The number of aromatic hydroxyl groups is 1. The highest BCUT2D eigenvalue weighted by Gasteiger charge is 2.41. The van der Waals surface area contributed by atoms with Gasteiger partial charge in [-0.15, -0.1) is 0 Å². The molecule has 36 heavy (non-hydrogen) atoms. The molecule has 1 atom stereocenters. The number of hydrogen-bond donors (Lipinski definition) is 2. The van der Waals surface area contributed by atoms with Crippen LogP contribution in [0.5, 0.6) is 17.2 Å². The minimum absolute atomic E-state index is 0.0381. The molecule has 188 valence electrons. The normalized spacial score (nSPS) is 13.5. The third-order valence-corrected chi connectivity index (χ3v) is 6.38. The summed E-state index contributed by atoms with van der Waals surface area (Å²) in [7, 11) is 3.21. The van der Waals surface area contributed by atoms with Crippen molar-refractivity contribution in [1.82, 2.24) is 10.2 Å². The van der Waals surface area contributed by atoms with Gasteiger partial charge in [-0.2, -0.15) is 0 Å². The number of carbonyl (C=O) groups is 2. The second-order valence-electron chi connectivity index (χ2n) is 8.94. The van der Waals surface area contributed by atoms with Crippen LogP contribution >= 0.6 is 0 Å². The summed E-state index contributed by atoms with van der Waals surface area (Å²) in [5.41, 5.74) is 2.64. The fourth-order valence-electron chi connectivity index (χ4n) is 4.21. The second-order valence-corrected chi connectivity index (χ2v) is 8.94. The quantitative estimate of drug-likeness (QED) is 0.418. The van der Waals surface area contributed by atoms with Crippen molar-refractivity contribution >= 4 is 11.8 Å². The molecule has 2 N–H and O–H groups in total. The van der Waals surface area contributed by atoms with E-state index >= 15 is 0 Å². The van der Waals surface area contributed by atoms with Crippen LogP contribution in [0, 0.1) is 0 Å². The molecule has 1 aliphatic carbocycles. The molecule has 1 saturated carbocycles. The molecule has 2 amide bonds. The average Bonchev–Trinajstić information content (AvgIpc) is 3.75. The average molecular weight is 489 g/mol. The first-order valence-corrected chi connectivity index (χ1v) is 12.1. The Morgan fingerprint density at radius 2 is 1.44 bits per heavy atom. The molecule has 3 aromatic carbocycles. The molecule has 0 spiro atoms. The van der Waals surface area contributed by atoms with Crippen LogP contribution in [-0.2, 0) is 22.6 Å². The number of nitrogens with zero attached hydrogens (tertiary/aromatic N) is 1. The number of phenolic OH excluding ortho intramolecular Hbond substituents is 1. The van der Waals surface area contributed by atoms with Crippen LogP contribution in [-0.4, -0.2) is 42.1 Å². The van der Waals surface area contributed by atoms with Gasteiger partial charge in [0.1, 0.15) is 23.3 Å². The van der Waals surface area contributed by atoms with Gasteiger partial charge in [0.15, 0.2) is 0 Å². The minimum Gasteiger partial charge on any atom is -0.508 e. The summed E-state index contributed by atoms with van der Waals surface area (Å²) in [4.78, 5) is 28.9. The van der Waals surface area contributed by atoms with Gasteiger partial charge in [0.2, 0.25) is 11.8 Å². The Morgan fingerprint density at radius 1 is 0.889 bits per heavy atom. The van der Waals surface area contributed by atoms with Gasteiger partial charge in [0, 0.05) is 19.0 Å². The van der Waals surface area contributed by atoms with Crippen molar-refractivity contribution in [2.75, 3.05) is 14.2 Å². The van der Waals surface area contributed by atoms with Crippen molar-refractivity contribution < 1.29 is 24.2 Å². The number of carbonyl (C=O) groups excluding carboxylic acids is 2. The zero-order valence-electron chi connectivity index (χ0n) is 20.6. The van der Waals surface area contributed by atoms with Crippen molar-refractivity contribution in [2.24, 2.45) is 0 Å². The number of methoxy groups -OCH3 is 2. The maximum atomic E-state index is 13.6. The predicted molar refractivity (Wildman–Crippen MR) is 137 cm³/mol. The maximum absolute atomic E-state index is 13.6. The third kappa shape index (κ3) is 6.36. The van der Waals surface area contributed by atoms with E-state index in [-0.39, 0.29) is 30.0 Å². The van der Waals surface area contributed by atoms with Gasteiger partial charge in [-0.25, -0.2) is 0 Å². The summed E-state index contributed by atoms with van der Waals surface area (Å²) in [6, 6.07) is 21.0. The number of phenols is 1. The van der Waals surface area contributed by atoms with E-state index in [0.717, 1.165) is 35.3 Å². The Bertz CT molecular complexity index is 1160. The van der Waals surface area contributed by atoms with Gasteiger partial charge in [-0.05, 0) is 72.4 Å². The summed E-state index contributed by atoms with van der Waals surface area (Å²) in [6.45, 7) is 0.343. The first-order valence-electron chi connectivity index (χ1n) is 12.1. The molecule has 1 unspecified atom stereocenters. The Morgan fingerprint density at radius 3 is 2.00 bits per heavy atom. The molecular weight excluding hydrogens is 456 g/mol. The number of hydrogen-bond acceptors (Lipinski definition) is 5. The number of nitrogens with one attached hydrogen (secondary N) is 1. The number of aryl methyl sites for hydroxylation is 1. The van der Waals surface area contributed by atoms with Crippen LogP contribution in [0.25, 0.3) is 0 Å². The molecule has 0 radical (unpaired) electrons. The van der Waals surface area contributed by atoms with Crippen LogP contribution < -0.4 is 14.8 Å². The molecule has 0 aromatic heterocycles. The molecule has 1 aliphatic rings. The first kappa shape index (κ1) is 25.1. The third-order valence-electron chi connectivity index (χ3n) is 6.38. The Hall–Kier alpha value is -4.00. The van der Waals surface area contributed by atoms with Crippen LogP contribution in [0.1, 0.15) is 42.0 Å². The molecule has 1 fully saturated rings. The highest BCUT2D eigenvalue weighted by molar-refractivity contribution is 5.89. The zero-order valence-corrected chi connectivity index (χ0v) is 20.6. The second kappa shape index (κ2) is 11.6. The first-order chi connectivity index (χ1) is 17.5. The topological polar surface area (TPSA) is 88.1 Å². The Kier molecular flexibility index (Phi) is 8.10.